The van der Waals surface area contributed by atoms with E-state index in [0.717, 1.165) is 30.7 Å². The molecule has 2 rings (SSSR count). The van der Waals surface area contributed by atoms with Gasteiger partial charge in [-0.05, 0) is 30.5 Å². The second kappa shape index (κ2) is 9.51. The monoisotopic (exact) mass is 386 g/mol. The molecule has 0 fully saturated rings. The van der Waals surface area contributed by atoms with Crippen LogP contribution in [0.5, 0.6) is 5.75 Å². The number of hydrogen-bond donors (Lipinski definition) is 1. The van der Waals surface area contributed by atoms with Gasteiger partial charge in [-0.2, -0.15) is 0 Å². The predicted octanol–water partition coefficient (Wildman–Crippen LogP) is 4.55. The van der Waals surface area contributed by atoms with Gasteiger partial charge in [-0.1, -0.05) is 43.2 Å². The van der Waals surface area contributed by atoms with Crippen LogP contribution in [0, 0.1) is 6.42 Å². The minimum Gasteiger partial charge on any atom is -0.406 e. The number of aryl methyl sites for hydroxylation is 1. The summed E-state index contributed by atoms with van der Waals surface area (Å²) < 4.78 is 40.6. The van der Waals surface area contributed by atoms with Crippen LogP contribution >= 0.6 is 11.3 Å². The summed E-state index contributed by atoms with van der Waals surface area (Å²) in [4.78, 5) is 12.0. The first-order chi connectivity index (χ1) is 12.4. The molecule has 0 spiro atoms. The van der Waals surface area contributed by atoms with Gasteiger partial charge in [-0.25, -0.2) is 0 Å². The zero-order valence-electron chi connectivity index (χ0n) is 14.2. The van der Waals surface area contributed by atoms with Crippen molar-refractivity contribution in [3.63, 3.8) is 0 Å². The van der Waals surface area contributed by atoms with Crippen molar-refractivity contribution in [2.24, 2.45) is 0 Å². The van der Waals surface area contributed by atoms with Crippen LogP contribution in [0.4, 0.5) is 18.3 Å². The molecule has 9 heteroatoms. The van der Waals surface area contributed by atoms with E-state index < -0.39 is 6.36 Å². The highest BCUT2D eigenvalue weighted by Crippen LogP contribution is 2.24. The Morgan fingerprint density at radius 2 is 2.12 bits per heavy atom. The number of ether oxygens (including phenoxy) is 1. The molecule has 1 aromatic carbocycles. The van der Waals surface area contributed by atoms with Crippen LogP contribution in [0.3, 0.4) is 0 Å². The van der Waals surface area contributed by atoms with Crippen molar-refractivity contribution in [2.75, 3.05) is 5.32 Å². The smallest absolute Gasteiger partial charge is 0.406 e. The second-order valence-corrected chi connectivity index (χ2v) is 6.64. The maximum atomic E-state index is 12.2. The first-order valence-corrected chi connectivity index (χ1v) is 8.92. The molecule has 0 atom stereocenters. The van der Waals surface area contributed by atoms with Gasteiger partial charge >= 0.3 is 6.36 Å². The molecule has 1 N–H and O–H groups in total. The molecular formula is C17H19F3N3O2S. The Hall–Kier alpha value is -2.16. The minimum absolute atomic E-state index is 0.0870. The Labute approximate surface area is 153 Å². The van der Waals surface area contributed by atoms with Crippen LogP contribution in [0.2, 0.25) is 0 Å². The molecule has 26 heavy (non-hydrogen) atoms. The number of alkyl halides is 3. The summed E-state index contributed by atoms with van der Waals surface area (Å²) in [5.41, 5.74) is 0.407. The van der Waals surface area contributed by atoms with Gasteiger partial charge in [0.2, 0.25) is 11.0 Å². The largest absolute Gasteiger partial charge is 0.573 e. The van der Waals surface area contributed by atoms with Gasteiger partial charge in [0.1, 0.15) is 10.8 Å². The summed E-state index contributed by atoms with van der Waals surface area (Å²) in [7, 11) is 0. The first kappa shape index (κ1) is 20.2. The molecule has 2 aromatic rings. The molecule has 1 radical (unpaired) electrons. The standard InChI is InChI=1S/C17H19F3N3O2S/c1-2-3-4-5-9-15-22-23-16(26-15)21-14(24)11-12-7-6-8-13(10-12)25-17(18,19)20/h2,6-8,10H,3-5,9,11H2,1H3,(H,21,23,24). The highest BCUT2D eigenvalue weighted by molar-refractivity contribution is 7.15. The molecule has 0 unspecified atom stereocenters. The normalized spacial score (nSPS) is 11.4. The zero-order valence-corrected chi connectivity index (χ0v) is 15.0. The quantitative estimate of drug-likeness (QED) is 0.642. The first-order valence-electron chi connectivity index (χ1n) is 8.10. The maximum absolute atomic E-state index is 12.2. The average molecular weight is 386 g/mol. The number of benzene rings is 1. The van der Waals surface area contributed by atoms with Crippen molar-refractivity contribution in [2.45, 2.75) is 45.4 Å². The van der Waals surface area contributed by atoms with Gasteiger partial charge in [0.15, 0.2) is 0 Å². The van der Waals surface area contributed by atoms with Crippen LogP contribution < -0.4 is 10.1 Å². The lowest BCUT2D eigenvalue weighted by Gasteiger charge is -2.09. The Morgan fingerprint density at radius 3 is 2.85 bits per heavy atom. The molecule has 0 aliphatic heterocycles. The third-order valence-corrected chi connectivity index (χ3v) is 4.24. The predicted molar refractivity (Wildman–Crippen MR) is 92.9 cm³/mol. The van der Waals surface area contributed by atoms with Crippen molar-refractivity contribution >= 4 is 22.4 Å². The van der Waals surface area contributed by atoms with Gasteiger partial charge in [-0.15, -0.1) is 23.4 Å². The number of nitrogens with one attached hydrogen (secondary N) is 1. The molecule has 1 amide bonds. The molecule has 1 aromatic heterocycles. The molecule has 0 saturated heterocycles. The summed E-state index contributed by atoms with van der Waals surface area (Å²) in [6.45, 7) is 2.02. The van der Waals surface area contributed by atoms with E-state index in [1.54, 1.807) is 6.07 Å². The van der Waals surface area contributed by atoms with Crippen LogP contribution in [0.1, 0.15) is 36.8 Å². The number of hydrogen-bond acceptors (Lipinski definition) is 5. The van der Waals surface area contributed by atoms with Crippen LogP contribution in [-0.4, -0.2) is 22.5 Å². The number of aromatic nitrogens is 2. The maximum Gasteiger partial charge on any atom is 0.573 e. The van der Waals surface area contributed by atoms with Gasteiger partial charge in [0, 0.05) is 6.42 Å². The fourth-order valence-corrected chi connectivity index (χ4v) is 3.03. The molecule has 0 aliphatic rings. The van der Waals surface area contributed by atoms with E-state index in [1.165, 1.54) is 29.5 Å². The second-order valence-electron chi connectivity index (χ2n) is 5.58. The van der Waals surface area contributed by atoms with Gasteiger partial charge < -0.3 is 10.1 Å². The van der Waals surface area contributed by atoms with Crippen molar-refractivity contribution < 1.29 is 22.7 Å². The Kier molecular flexibility index (Phi) is 7.38. The van der Waals surface area contributed by atoms with E-state index in [1.807, 2.05) is 6.92 Å². The lowest BCUT2D eigenvalue weighted by molar-refractivity contribution is -0.274. The van der Waals surface area contributed by atoms with Crippen LogP contribution in [0.15, 0.2) is 24.3 Å². The van der Waals surface area contributed by atoms with Gasteiger partial charge in [-0.3, -0.25) is 4.79 Å². The fraction of sp³-hybridized carbons (Fsp3) is 0.412. The summed E-state index contributed by atoms with van der Waals surface area (Å²) in [5, 5.41) is 11.8. The van der Waals surface area contributed by atoms with E-state index in [4.69, 9.17) is 0 Å². The molecule has 141 valence electrons. The molecule has 0 saturated carbocycles. The van der Waals surface area contributed by atoms with Gasteiger partial charge in [0.25, 0.3) is 0 Å². The number of carbonyl (C=O) groups excluding carboxylic acids is 1. The highest BCUT2D eigenvalue weighted by atomic mass is 32.1. The van der Waals surface area contributed by atoms with Crippen molar-refractivity contribution in [1.82, 2.24) is 10.2 Å². The lowest BCUT2D eigenvalue weighted by Crippen LogP contribution is -2.17. The minimum atomic E-state index is -4.76. The number of halogens is 3. The molecule has 0 aliphatic carbocycles. The number of rotatable bonds is 9. The lowest BCUT2D eigenvalue weighted by atomic mass is 10.1. The number of anilines is 1. The Balaban J connectivity index is 1.85. The van der Waals surface area contributed by atoms with Crippen LogP contribution in [0.25, 0.3) is 0 Å². The van der Waals surface area contributed by atoms with E-state index in [0.29, 0.717) is 10.7 Å². The number of carbonyl (C=O) groups is 1. The molecule has 5 nitrogen and oxygen atoms in total. The highest BCUT2D eigenvalue weighted by Gasteiger charge is 2.31. The van der Waals surface area contributed by atoms with E-state index in [-0.39, 0.29) is 18.1 Å². The third kappa shape index (κ3) is 7.38. The molecule has 0 bridgehead atoms. The fourth-order valence-electron chi connectivity index (χ4n) is 2.23. The summed E-state index contributed by atoms with van der Waals surface area (Å²) in [6, 6.07) is 5.32. The van der Waals surface area contributed by atoms with Crippen molar-refractivity contribution in [1.29, 1.82) is 0 Å². The SMILES string of the molecule is C[CH]CCCCc1nnc(NC(=O)Cc2cccc(OC(F)(F)F)c2)s1. The van der Waals surface area contributed by atoms with Crippen molar-refractivity contribution in [3.8, 4) is 5.75 Å². The van der Waals surface area contributed by atoms with Crippen LogP contribution in [-0.2, 0) is 17.6 Å². The third-order valence-electron chi connectivity index (χ3n) is 3.34. The number of nitrogens with zero attached hydrogens (tertiary/aromatic N) is 2. The number of unbranched alkanes of at least 4 members (excludes halogenated alkanes) is 3. The van der Waals surface area contributed by atoms with E-state index >= 15 is 0 Å². The summed E-state index contributed by atoms with van der Waals surface area (Å²) >= 11 is 1.30. The zero-order chi connectivity index (χ0) is 19.0. The number of amides is 1. The van der Waals surface area contributed by atoms with Gasteiger partial charge in [0.05, 0.1) is 6.42 Å². The average Bonchev–Trinajstić information content (AvgIpc) is 2.97. The molecule has 1 heterocycles. The van der Waals surface area contributed by atoms with E-state index in [9.17, 15) is 18.0 Å². The van der Waals surface area contributed by atoms with E-state index in [2.05, 4.69) is 26.7 Å². The Bertz CT molecular complexity index is 719. The Morgan fingerprint density at radius 1 is 1.31 bits per heavy atom. The topological polar surface area (TPSA) is 64.1 Å². The summed E-state index contributed by atoms with van der Waals surface area (Å²) in [5.74, 6) is -0.734. The summed E-state index contributed by atoms with van der Waals surface area (Å²) in [6.07, 6.45) is 1.19. The van der Waals surface area contributed by atoms with Crippen molar-refractivity contribution in [3.05, 3.63) is 41.3 Å². The molecular weight excluding hydrogens is 367 g/mol.